The van der Waals surface area contributed by atoms with Crippen molar-refractivity contribution >= 4 is 50.3 Å². The highest BCUT2D eigenvalue weighted by Crippen LogP contribution is 2.30. The highest BCUT2D eigenvalue weighted by molar-refractivity contribution is 9.10. The van der Waals surface area contributed by atoms with Gasteiger partial charge in [-0.05, 0) is 52.5 Å². The number of rotatable bonds is 4. The van der Waals surface area contributed by atoms with Gasteiger partial charge in [0.2, 0.25) is 5.95 Å². The highest BCUT2D eigenvalue weighted by atomic mass is 79.9. The Morgan fingerprint density at radius 2 is 2.03 bits per heavy atom. The predicted octanol–water partition coefficient (Wildman–Crippen LogP) is 3.88. The van der Waals surface area contributed by atoms with Crippen LogP contribution in [-0.2, 0) is 6.42 Å². The largest absolute Gasteiger partial charge is 0.493 e. The topological polar surface area (TPSA) is 118 Å². The molecule has 0 unspecified atom stereocenters. The molecule has 1 aliphatic rings. The maximum absolute atomic E-state index is 11.3. The van der Waals surface area contributed by atoms with E-state index in [0.717, 1.165) is 30.9 Å². The van der Waals surface area contributed by atoms with Crippen molar-refractivity contribution in [2.45, 2.75) is 12.8 Å². The number of benzene rings is 1. The zero-order valence-corrected chi connectivity index (χ0v) is 16.6. The van der Waals surface area contributed by atoms with E-state index in [1.54, 1.807) is 18.5 Å². The molecule has 5 rings (SSSR count). The van der Waals surface area contributed by atoms with E-state index in [2.05, 4.69) is 52.6 Å². The molecule has 146 valence electrons. The van der Waals surface area contributed by atoms with E-state index in [9.17, 15) is 4.79 Å². The number of ether oxygens (including phenoxy) is 1. The minimum atomic E-state index is -0.546. The second kappa shape index (κ2) is 7.21. The number of pyridine rings is 1. The molecule has 0 amide bonds. The van der Waals surface area contributed by atoms with E-state index in [1.807, 2.05) is 12.1 Å². The van der Waals surface area contributed by atoms with E-state index >= 15 is 0 Å². The van der Waals surface area contributed by atoms with Gasteiger partial charge in [-0.25, -0.2) is 14.8 Å². The van der Waals surface area contributed by atoms with E-state index < -0.39 is 5.76 Å². The second-order valence-corrected chi connectivity index (χ2v) is 7.35. The van der Waals surface area contributed by atoms with E-state index in [4.69, 9.17) is 9.15 Å². The third-order valence-electron chi connectivity index (χ3n) is 4.45. The van der Waals surface area contributed by atoms with Crippen LogP contribution in [0.25, 0.3) is 11.2 Å². The summed E-state index contributed by atoms with van der Waals surface area (Å²) >= 11 is 3.44. The third-order valence-corrected chi connectivity index (χ3v) is 5.03. The molecule has 3 N–H and O–H groups in total. The number of aryl methyl sites for hydroxylation is 1. The Labute approximate surface area is 172 Å². The minimum absolute atomic E-state index is 0.361. The van der Waals surface area contributed by atoms with Crippen molar-refractivity contribution in [3.63, 3.8) is 0 Å². The molecule has 0 saturated heterocycles. The molecule has 0 atom stereocenters. The molecule has 0 radical (unpaired) electrons. The molecule has 10 heteroatoms. The lowest BCUT2D eigenvalue weighted by atomic mass is 10.1. The van der Waals surface area contributed by atoms with E-state index in [1.165, 1.54) is 5.56 Å². The number of hydrogen-bond acceptors (Lipinski definition) is 8. The molecular weight excluding hydrogens is 440 g/mol. The Bertz CT molecular complexity index is 1270. The number of H-pyrrole nitrogens is 1. The fraction of sp³-hybridized carbons (Fsp3) is 0.158. The molecular formula is C19H15BrN6O3. The zero-order chi connectivity index (χ0) is 19.8. The first kappa shape index (κ1) is 17.7. The number of oxazole rings is 1. The summed E-state index contributed by atoms with van der Waals surface area (Å²) in [6.45, 7) is 0.761. The minimum Gasteiger partial charge on any atom is -0.493 e. The van der Waals surface area contributed by atoms with Crippen molar-refractivity contribution in [2.75, 3.05) is 17.2 Å². The van der Waals surface area contributed by atoms with Crippen LogP contribution in [0.4, 0.5) is 23.1 Å². The van der Waals surface area contributed by atoms with Gasteiger partial charge in [-0.3, -0.25) is 4.98 Å². The summed E-state index contributed by atoms with van der Waals surface area (Å²) in [5, 5.41) is 6.37. The summed E-state index contributed by atoms with van der Waals surface area (Å²) in [5.74, 6) is 1.37. The van der Waals surface area contributed by atoms with Crippen LogP contribution in [0.3, 0.4) is 0 Å². The van der Waals surface area contributed by atoms with Crippen LogP contribution in [0.1, 0.15) is 12.0 Å². The molecule has 0 saturated carbocycles. The van der Waals surface area contributed by atoms with Gasteiger partial charge in [-0.15, -0.1) is 0 Å². The first-order valence-corrected chi connectivity index (χ1v) is 9.74. The van der Waals surface area contributed by atoms with Crippen molar-refractivity contribution < 1.29 is 9.15 Å². The summed E-state index contributed by atoms with van der Waals surface area (Å²) in [5.41, 5.74) is 3.43. The van der Waals surface area contributed by atoms with Crippen LogP contribution in [0.15, 0.2) is 50.3 Å². The van der Waals surface area contributed by atoms with Gasteiger partial charge in [-0.2, -0.15) is 4.98 Å². The molecule has 3 aromatic heterocycles. The Balaban J connectivity index is 1.40. The number of aromatic nitrogens is 4. The lowest BCUT2D eigenvalue weighted by Gasteiger charge is -2.18. The monoisotopic (exact) mass is 454 g/mol. The molecule has 1 aromatic carbocycles. The Morgan fingerprint density at radius 3 is 2.97 bits per heavy atom. The molecule has 0 spiro atoms. The molecule has 29 heavy (non-hydrogen) atoms. The highest BCUT2D eigenvalue weighted by Gasteiger charge is 2.12. The van der Waals surface area contributed by atoms with Crippen LogP contribution in [0.5, 0.6) is 5.75 Å². The quantitative estimate of drug-likeness (QED) is 0.425. The first-order chi connectivity index (χ1) is 14.1. The summed E-state index contributed by atoms with van der Waals surface area (Å²) in [4.78, 5) is 26.8. The molecule has 0 aliphatic carbocycles. The maximum Gasteiger partial charge on any atom is 0.418 e. The van der Waals surface area contributed by atoms with Crippen LogP contribution >= 0.6 is 15.9 Å². The molecule has 9 nitrogen and oxygen atoms in total. The Kier molecular flexibility index (Phi) is 4.39. The Hall–Kier alpha value is -3.40. The second-order valence-electron chi connectivity index (χ2n) is 6.50. The number of fused-ring (bicyclic) bond motifs is 2. The summed E-state index contributed by atoms with van der Waals surface area (Å²) in [7, 11) is 0. The van der Waals surface area contributed by atoms with E-state index in [0.29, 0.717) is 33.2 Å². The van der Waals surface area contributed by atoms with Crippen LogP contribution in [0, 0.1) is 0 Å². The molecule has 0 bridgehead atoms. The van der Waals surface area contributed by atoms with Gasteiger partial charge in [0.05, 0.1) is 23.0 Å². The molecule has 0 fully saturated rings. The molecule has 4 aromatic rings. The predicted molar refractivity (Wildman–Crippen MR) is 111 cm³/mol. The number of nitrogens with zero attached hydrogens (tertiary/aromatic N) is 3. The number of halogens is 1. The number of nitrogens with one attached hydrogen (secondary N) is 3. The average molecular weight is 455 g/mol. The maximum atomic E-state index is 11.3. The van der Waals surface area contributed by atoms with Gasteiger partial charge >= 0.3 is 5.76 Å². The number of hydrogen-bond donors (Lipinski definition) is 3. The van der Waals surface area contributed by atoms with Crippen LogP contribution < -0.4 is 21.1 Å². The third kappa shape index (κ3) is 3.66. The summed E-state index contributed by atoms with van der Waals surface area (Å²) in [6.07, 6.45) is 5.24. The number of aromatic amines is 1. The smallest absolute Gasteiger partial charge is 0.418 e. The normalized spacial score (nSPS) is 13.0. The lowest BCUT2D eigenvalue weighted by Crippen LogP contribution is -2.08. The lowest BCUT2D eigenvalue weighted by molar-refractivity contribution is 0.288. The van der Waals surface area contributed by atoms with Gasteiger partial charge in [0, 0.05) is 18.0 Å². The van der Waals surface area contributed by atoms with Crippen LogP contribution in [0.2, 0.25) is 0 Å². The van der Waals surface area contributed by atoms with Crippen molar-refractivity contribution in [1.29, 1.82) is 0 Å². The molecule has 1 aliphatic heterocycles. The first-order valence-electron chi connectivity index (χ1n) is 8.95. The fourth-order valence-electron chi connectivity index (χ4n) is 3.13. The zero-order valence-electron chi connectivity index (χ0n) is 15.0. The van der Waals surface area contributed by atoms with Crippen molar-refractivity contribution in [3.05, 3.63) is 57.2 Å². The van der Waals surface area contributed by atoms with Gasteiger partial charge in [0.15, 0.2) is 11.2 Å². The number of anilines is 4. The van der Waals surface area contributed by atoms with Gasteiger partial charge in [-0.1, -0.05) is 0 Å². The van der Waals surface area contributed by atoms with E-state index in [-0.39, 0.29) is 0 Å². The van der Waals surface area contributed by atoms with Crippen molar-refractivity contribution in [2.24, 2.45) is 0 Å². The van der Waals surface area contributed by atoms with Crippen molar-refractivity contribution in [3.8, 4) is 5.75 Å². The van der Waals surface area contributed by atoms with Crippen molar-refractivity contribution in [1.82, 2.24) is 19.9 Å². The van der Waals surface area contributed by atoms with Gasteiger partial charge in [0.25, 0.3) is 0 Å². The average Bonchev–Trinajstić information content (AvgIpc) is 3.10. The van der Waals surface area contributed by atoms with Gasteiger partial charge in [0.1, 0.15) is 11.6 Å². The van der Waals surface area contributed by atoms with Gasteiger partial charge < -0.3 is 19.8 Å². The Morgan fingerprint density at radius 1 is 1.10 bits per heavy atom. The summed E-state index contributed by atoms with van der Waals surface area (Å²) < 4.78 is 11.4. The fourth-order valence-corrected chi connectivity index (χ4v) is 3.42. The SMILES string of the molecule is O=c1[nH]c2ncc(Nc3nc(Nc4ccc5c(c4)CCCO5)ncc3Br)cc2o1. The summed E-state index contributed by atoms with van der Waals surface area (Å²) in [6, 6.07) is 7.62. The standard InChI is InChI=1S/C19H15BrN6O3/c20-13-9-22-18(24-11-3-4-14-10(6-11)2-1-5-28-14)25-16(13)23-12-7-15-17(21-8-12)26-19(27)29-15/h3-4,6-9H,1-2,5H2,(H,21,26,27)(H2,22,23,24,25). The van der Waals surface area contributed by atoms with Crippen LogP contribution in [-0.4, -0.2) is 26.5 Å². The molecule has 4 heterocycles.